The summed E-state index contributed by atoms with van der Waals surface area (Å²) in [7, 11) is 0. The molecule has 0 unspecified atom stereocenters. The lowest BCUT2D eigenvalue weighted by Crippen LogP contribution is -2.47. The summed E-state index contributed by atoms with van der Waals surface area (Å²) in [6.45, 7) is 1.26. The van der Waals surface area contributed by atoms with Gasteiger partial charge in [-0.2, -0.15) is 0 Å². The highest BCUT2D eigenvalue weighted by atomic mass is 35.5. The summed E-state index contributed by atoms with van der Waals surface area (Å²) in [6.07, 6.45) is -1.22. The third kappa shape index (κ3) is 3.36. The molecule has 0 aliphatic heterocycles. The van der Waals surface area contributed by atoms with E-state index in [0.717, 1.165) is 0 Å². The lowest BCUT2D eigenvalue weighted by molar-refractivity contribution is -0.141. The second-order valence-electron chi connectivity index (χ2n) is 3.37. The zero-order valence-corrected chi connectivity index (χ0v) is 10.2. The van der Waals surface area contributed by atoms with E-state index in [1.54, 1.807) is 0 Å². The number of aliphatic hydroxyl groups excluding tert-OH is 1. The highest BCUT2D eigenvalue weighted by molar-refractivity contribution is 6.41. The summed E-state index contributed by atoms with van der Waals surface area (Å²) >= 11 is 11.2. The van der Waals surface area contributed by atoms with E-state index in [2.05, 4.69) is 10.3 Å². The van der Waals surface area contributed by atoms with Gasteiger partial charge in [0.25, 0.3) is 5.91 Å². The van der Waals surface area contributed by atoms with Gasteiger partial charge in [-0.3, -0.25) is 4.79 Å². The van der Waals surface area contributed by atoms with Crippen LogP contribution in [0.25, 0.3) is 0 Å². The first-order valence-corrected chi connectivity index (χ1v) is 5.34. The fraction of sp³-hybridized carbons (Fsp3) is 0.333. The molecule has 0 saturated carbocycles. The Bertz CT molecular complexity index is 425. The number of hydrogen-bond donors (Lipinski definition) is 4. The number of halogens is 2. The number of carbonyl (C=O) groups is 2. The number of aromatic amines is 1. The molecule has 17 heavy (non-hydrogen) atoms. The van der Waals surface area contributed by atoms with Gasteiger partial charge in [-0.15, -0.1) is 0 Å². The lowest BCUT2D eigenvalue weighted by Gasteiger charge is -2.16. The molecule has 0 spiro atoms. The Morgan fingerprint density at radius 3 is 2.41 bits per heavy atom. The molecule has 0 fully saturated rings. The summed E-state index contributed by atoms with van der Waals surface area (Å²) in [4.78, 5) is 24.8. The Hall–Kier alpha value is -1.24. The Labute approximate surface area is 107 Å². The molecule has 1 aromatic rings. The smallest absolute Gasteiger partial charge is 0.328 e. The fourth-order valence-corrected chi connectivity index (χ4v) is 1.45. The molecule has 0 aliphatic carbocycles. The van der Waals surface area contributed by atoms with Crippen molar-refractivity contribution in [2.24, 2.45) is 0 Å². The van der Waals surface area contributed by atoms with Crippen LogP contribution in [0.15, 0.2) is 6.07 Å². The lowest BCUT2D eigenvalue weighted by atomic mass is 10.2. The van der Waals surface area contributed by atoms with E-state index in [4.69, 9.17) is 28.3 Å². The van der Waals surface area contributed by atoms with Gasteiger partial charge >= 0.3 is 5.97 Å². The Kier molecular flexibility index (Phi) is 4.39. The molecule has 1 aromatic heterocycles. The number of carbonyl (C=O) groups excluding carboxylic acids is 1. The summed E-state index contributed by atoms with van der Waals surface area (Å²) < 4.78 is 0. The van der Waals surface area contributed by atoms with E-state index in [-0.39, 0.29) is 15.9 Å². The van der Waals surface area contributed by atoms with Crippen LogP contribution in [0.3, 0.4) is 0 Å². The third-order valence-corrected chi connectivity index (χ3v) is 2.70. The highest BCUT2D eigenvalue weighted by Gasteiger charge is 2.26. The maximum atomic E-state index is 11.6. The van der Waals surface area contributed by atoms with Crippen LogP contribution < -0.4 is 5.32 Å². The largest absolute Gasteiger partial charge is 0.480 e. The Morgan fingerprint density at radius 2 is 2.06 bits per heavy atom. The molecule has 0 aliphatic rings. The average molecular weight is 281 g/mol. The Balaban J connectivity index is 2.81. The zero-order chi connectivity index (χ0) is 13.2. The summed E-state index contributed by atoms with van der Waals surface area (Å²) in [6, 6.07) is -0.136. The van der Waals surface area contributed by atoms with Crippen LogP contribution in [0.2, 0.25) is 10.2 Å². The van der Waals surface area contributed by atoms with E-state index in [0.29, 0.717) is 0 Å². The van der Waals surface area contributed by atoms with Gasteiger partial charge < -0.3 is 20.5 Å². The van der Waals surface area contributed by atoms with Gasteiger partial charge in [0.2, 0.25) is 0 Å². The van der Waals surface area contributed by atoms with Gasteiger partial charge in [0.15, 0.2) is 6.04 Å². The van der Waals surface area contributed by atoms with Crippen molar-refractivity contribution in [3.8, 4) is 0 Å². The van der Waals surface area contributed by atoms with Crippen LogP contribution in [0.4, 0.5) is 0 Å². The molecule has 1 heterocycles. The summed E-state index contributed by atoms with van der Waals surface area (Å²) in [5.41, 5.74) is 0.0203. The minimum absolute atomic E-state index is 0.0203. The number of carboxylic acid groups (broad SMARTS) is 1. The molecule has 0 saturated heterocycles. The van der Waals surface area contributed by atoms with Crippen molar-refractivity contribution in [1.82, 2.24) is 10.3 Å². The van der Waals surface area contributed by atoms with Gasteiger partial charge in [0.1, 0.15) is 10.8 Å². The van der Waals surface area contributed by atoms with Crippen molar-refractivity contribution in [2.75, 3.05) is 0 Å². The number of aliphatic hydroxyl groups is 1. The van der Waals surface area contributed by atoms with Gasteiger partial charge in [-0.05, 0) is 13.0 Å². The van der Waals surface area contributed by atoms with Crippen LogP contribution >= 0.6 is 23.2 Å². The van der Waals surface area contributed by atoms with Gasteiger partial charge in [0, 0.05) is 0 Å². The van der Waals surface area contributed by atoms with Crippen LogP contribution in [-0.2, 0) is 4.79 Å². The first kappa shape index (κ1) is 13.8. The van der Waals surface area contributed by atoms with Crippen molar-refractivity contribution in [1.29, 1.82) is 0 Å². The number of aliphatic carboxylic acids is 1. The Morgan fingerprint density at radius 1 is 1.47 bits per heavy atom. The predicted octanol–water partition coefficient (Wildman–Crippen LogP) is 0.885. The number of amides is 1. The number of H-pyrrole nitrogens is 1. The molecule has 0 bridgehead atoms. The van der Waals surface area contributed by atoms with Crippen molar-refractivity contribution < 1.29 is 19.8 Å². The first-order valence-electron chi connectivity index (χ1n) is 4.58. The standard InChI is InChI=1S/C9H10Cl2N2O4/c1-3(14)6(9(16)17)13-8(15)5-2-4(10)7(11)12-5/h2-3,6,12,14H,1H3,(H,13,15)(H,16,17)/t3-,6+/m1/s1. The van der Waals surface area contributed by atoms with Crippen LogP contribution in [0.1, 0.15) is 17.4 Å². The maximum Gasteiger partial charge on any atom is 0.328 e. The van der Waals surface area contributed by atoms with Crippen LogP contribution in [0, 0.1) is 0 Å². The molecule has 0 aromatic carbocycles. The minimum atomic E-state index is -1.40. The van der Waals surface area contributed by atoms with Crippen molar-refractivity contribution in [3.05, 3.63) is 21.9 Å². The van der Waals surface area contributed by atoms with Gasteiger partial charge in [-0.25, -0.2) is 4.79 Å². The van der Waals surface area contributed by atoms with Gasteiger partial charge in [0.05, 0.1) is 11.1 Å². The monoisotopic (exact) mass is 280 g/mol. The highest BCUT2D eigenvalue weighted by Crippen LogP contribution is 2.21. The molecule has 8 heteroatoms. The summed E-state index contributed by atoms with van der Waals surface area (Å²) in [5.74, 6) is -2.05. The van der Waals surface area contributed by atoms with Gasteiger partial charge in [-0.1, -0.05) is 23.2 Å². The molecule has 0 radical (unpaired) electrons. The summed E-state index contributed by atoms with van der Waals surface area (Å²) in [5, 5.41) is 20.3. The SMILES string of the molecule is C[C@@H](O)[C@H](NC(=O)c1cc(Cl)c(Cl)[nH]1)C(=O)O. The second-order valence-corrected chi connectivity index (χ2v) is 4.16. The predicted molar refractivity (Wildman–Crippen MR) is 61.4 cm³/mol. The number of nitrogens with one attached hydrogen (secondary N) is 2. The molecular formula is C9H10Cl2N2O4. The average Bonchev–Trinajstić information content (AvgIpc) is 2.54. The molecule has 1 rings (SSSR count). The van der Waals surface area contributed by atoms with E-state index in [1.165, 1.54) is 13.0 Å². The normalized spacial score (nSPS) is 14.1. The number of aromatic nitrogens is 1. The first-order chi connectivity index (χ1) is 7.82. The fourth-order valence-electron chi connectivity index (χ4n) is 1.13. The van der Waals surface area contributed by atoms with Crippen LogP contribution in [0.5, 0.6) is 0 Å². The minimum Gasteiger partial charge on any atom is -0.480 e. The maximum absolute atomic E-state index is 11.6. The second kappa shape index (κ2) is 5.39. The topological polar surface area (TPSA) is 102 Å². The number of hydrogen-bond acceptors (Lipinski definition) is 3. The molecule has 4 N–H and O–H groups in total. The molecule has 6 nitrogen and oxygen atoms in total. The molecular weight excluding hydrogens is 271 g/mol. The number of carboxylic acids is 1. The van der Waals surface area contributed by atoms with Crippen molar-refractivity contribution in [3.63, 3.8) is 0 Å². The molecule has 94 valence electrons. The van der Waals surface area contributed by atoms with Crippen molar-refractivity contribution in [2.45, 2.75) is 19.1 Å². The molecule has 2 atom stereocenters. The zero-order valence-electron chi connectivity index (χ0n) is 8.70. The quantitative estimate of drug-likeness (QED) is 0.658. The number of rotatable bonds is 4. The van der Waals surface area contributed by atoms with Crippen LogP contribution in [-0.4, -0.2) is 39.2 Å². The van der Waals surface area contributed by atoms with E-state index in [9.17, 15) is 14.7 Å². The van der Waals surface area contributed by atoms with E-state index in [1.807, 2.05) is 0 Å². The third-order valence-electron chi connectivity index (χ3n) is 2.00. The van der Waals surface area contributed by atoms with E-state index < -0.39 is 24.0 Å². The molecule has 1 amide bonds. The van der Waals surface area contributed by atoms with E-state index >= 15 is 0 Å². The van der Waals surface area contributed by atoms with Crippen molar-refractivity contribution >= 4 is 35.1 Å².